The fourth-order valence-electron chi connectivity index (χ4n) is 4.70. The molecule has 0 aliphatic rings. The first-order valence-electron chi connectivity index (χ1n) is 14.5. The lowest BCUT2D eigenvalue weighted by molar-refractivity contribution is -0.113. The van der Waals surface area contributed by atoms with Crippen molar-refractivity contribution in [1.82, 2.24) is 20.0 Å². The highest BCUT2D eigenvalue weighted by molar-refractivity contribution is 7.99. The number of nitrogens with zero attached hydrogens (tertiary/aromatic N) is 4. The van der Waals surface area contributed by atoms with Crippen molar-refractivity contribution >= 4 is 35.2 Å². The number of aromatic nitrogens is 4. The summed E-state index contributed by atoms with van der Waals surface area (Å²) in [6.45, 7) is 0. The number of benzene rings is 4. The van der Waals surface area contributed by atoms with Crippen LogP contribution in [0.15, 0.2) is 125 Å². The summed E-state index contributed by atoms with van der Waals surface area (Å²) in [7, 11) is 3.12. The van der Waals surface area contributed by atoms with Crippen LogP contribution in [0.2, 0.25) is 0 Å². The molecule has 0 atom stereocenters. The van der Waals surface area contributed by atoms with Crippen molar-refractivity contribution in [1.29, 1.82) is 0 Å². The van der Waals surface area contributed by atoms with E-state index >= 15 is 0 Å². The lowest BCUT2D eigenvalue weighted by Crippen LogP contribution is -2.14. The van der Waals surface area contributed by atoms with Crippen molar-refractivity contribution in [2.24, 2.45) is 0 Å². The molecule has 0 radical (unpaired) electrons. The molecule has 0 saturated carbocycles. The highest BCUT2D eigenvalue weighted by atomic mass is 32.2. The SMILES string of the molecule is COc1ccc(/C=C/C(=O)c2ccc(NC(=O)CSc3nnc(-c4cn(-c5ccccc5)nc4-c4ccccc4)o3)cc2)cc1OC. The molecule has 6 rings (SSSR count). The zero-order valence-electron chi connectivity index (χ0n) is 25.5. The number of carbonyl (C=O) groups is 2. The Bertz CT molecular complexity index is 2020. The Morgan fingerprint density at radius 2 is 1.60 bits per heavy atom. The Morgan fingerprint density at radius 3 is 2.32 bits per heavy atom. The number of thioether (sulfide) groups is 1. The van der Waals surface area contributed by atoms with Gasteiger partial charge in [-0.15, -0.1) is 10.2 Å². The third-order valence-corrected chi connectivity index (χ3v) is 7.85. The van der Waals surface area contributed by atoms with Crippen LogP contribution in [-0.2, 0) is 4.79 Å². The molecule has 4 aromatic carbocycles. The van der Waals surface area contributed by atoms with Gasteiger partial charge < -0.3 is 19.2 Å². The van der Waals surface area contributed by atoms with E-state index in [2.05, 4.69) is 15.5 Å². The first-order valence-corrected chi connectivity index (χ1v) is 15.5. The molecule has 234 valence electrons. The van der Waals surface area contributed by atoms with Crippen LogP contribution in [0.5, 0.6) is 11.5 Å². The number of ether oxygens (including phenoxy) is 2. The predicted molar refractivity (Wildman–Crippen MR) is 181 cm³/mol. The number of allylic oxidation sites excluding steroid dienone is 1. The normalized spacial score (nSPS) is 11.0. The van der Waals surface area contributed by atoms with Gasteiger partial charge in [-0.3, -0.25) is 9.59 Å². The molecule has 0 spiro atoms. The maximum Gasteiger partial charge on any atom is 0.277 e. The summed E-state index contributed by atoms with van der Waals surface area (Å²) in [6.07, 6.45) is 5.05. The third-order valence-electron chi connectivity index (χ3n) is 7.03. The van der Waals surface area contributed by atoms with Gasteiger partial charge in [0.15, 0.2) is 17.3 Å². The molecule has 11 heteroatoms. The molecule has 0 fully saturated rings. The third kappa shape index (κ3) is 7.48. The second-order valence-electron chi connectivity index (χ2n) is 10.1. The molecular weight excluding hydrogens is 614 g/mol. The van der Waals surface area contributed by atoms with Crippen LogP contribution in [0.3, 0.4) is 0 Å². The number of hydrogen-bond donors (Lipinski definition) is 1. The van der Waals surface area contributed by atoms with Crippen LogP contribution in [0, 0.1) is 0 Å². The van der Waals surface area contributed by atoms with E-state index in [0.717, 1.165) is 28.6 Å². The van der Waals surface area contributed by atoms with Gasteiger partial charge in [-0.2, -0.15) is 5.10 Å². The van der Waals surface area contributed by atoms with E-state index in [1.54, 1.807) is 61.4 Å². The summed E-state index contributed by atoms with van der Waals surface area (Å²) in [5.74, 6) is 1.10. The van der Waals surface area contributed by atoms with Crippen LogP contribution in [0.4, 0.5) is 5.69 Å². The molecule has 1 amide bonds. The molecule has 1 N–H and O–H groups in total. The quantitative estimate of drug-likeness (QED) is 0.0836. The molecule has 47 heavy (non-hydrogen) atoms. The minimum absolute atomic E-state index is 0.0468. The zero-order valence-corrected chi connectivity index (χ0v) is 26.3. The van der Waals surface area contributed by atoms with Gasteiger partial charge in [0.2, 0.25) is 5.91 Å². The van der Waals surface area contributed by atoms with Gasteiger partial charge in [0, 0.05) is 23.0 Å². The summed E-state index contributed by atoms with van der Waals surface area (Å²) in [6, 6.07) is 31.6. The number of carbonyl (C=O) groups excluding carboxylic acids is 2. The van der Waals surface area contributed by atoms with E-state index in [1.807, 2.05) is 72.9 Å². The average Bonchev–Trinajstić information content (AvgIpc) is 3.79. The zero-order chi connectivity index (χ0) is 32.6. The maximum atomic E-state index is 12.7. The maximum absolute atomic E-state index is 12.7. The van der Waals surface area contributed by atoms with Crippen LogP contribution >= 0.6 is 11.8 Å². The van der Waals surface area contributed by atoms with E-state index in [1.165, 1.54) is 6.08 Å². The van der Waals surface area contributed by atoms with Crippen molar-refractivity contribution in [3.63, 3.8) is 0 Å². The Labute approximate surface area is 275 Å². The first-order chi connectivity index (χ1) is 23.0. The lowest BCUT2D eigenvalue weighted by Gasteiger charge is -2.07. The lowest BCUT2D eigenvalue weighted by atomic mass is 10.1. The van der Waals surface area contributed by atoms with Crippen molar-refractivity contribution in [3.05, 3.63) is 127 Å². The number of ketones is 1. The summed E-state index contributed by atoms with van der Waals surface area (Å²) in [5, 5.41) is 16.3. The Balaban J connectivity index is 1.07. The number of methoxy groups -OCH3 is 2. The topological polar surface area (TPSA) is 121 Å². The monoisotopic (exact) mass is 643 g/mol. The molecule has 0 aliphatic carbocycles. The number of hydrogen-bond acceptors (Lipinski definition) is 9. The fourth-order valence-corrected chi connectivity index (χ4v) is 5.26. The Morgan fingerprint density at radius 1 is 0.872 bits per heavy atom. The standard InChI is InChI=1S/C36H29N5O5S/c1-44-31-20-14-24(21-32(31)45-2)13-19-30(42)25-15-17-27(18-16-25)37-33(43)23-47-36-39-38-35(46-36)29-22-41(28-11-7-4-8-12-28)40-34(29)26-9-5-3-6-10-26/h3-22H,23H2,1-2H3,(H,37,43)/b19-13+. The van der Waals surface area contributed by atoms with Crippen molar-refractivity contribution in [2.45, 2.75) is 5.22 Å². The van der Waals surface area contributed by atoms with Gasteiger partial charge in [0.25, 0.3) is 11.1 Å². The summed E-state index contributed by atoms with van der Waals surface area (Å²) < 4.78 is 18.3. The van der Waals surface area contributed by atoms with Gasteiger partial charge in [0.05, 0.1) is 31.2 Å². The molecular formula is C36H29N5O5S. The second-order valence-corrected chi connectivity index (χ2v) is 11.1. The van der Waals surface area contributed by atoms with Crippen LogP contribution in [0.25, 0.3) is 34.5 Å². The largest absolute Gasteiger partial charge is 0.493 e. The van der Waals surface area contributed by atoms with Crippen molar-refractivity contribution < 1.29 is 23.5 Å². The Kier molecular flexibility index (Phi) is 9.54. The smallest absolute Gasteiger partial charge is 0.277 e. The Hall–Kier alpha value is -5.94. The van der Waals surface area contributed by atoms with Crippen LogP contribution in [0.1, 0.15) is 15.9 Å². The number of amides is 1. The van der Waals surface area contributed by atoms with E-state index in [0.29, 0.717) is 39.9 Å². The number of para-hydroxylation sites is 1. The summed E-state index contributed by atoms with van der Waals surface area (Å²) in [4.78, 5) is 25.4. The van der Waals surface area contributed by atoms with Gasteiger partial charge in [-0.25, -0.2) is 4.68 Å². The van der Waals surface area contributed by atoms with E-state index in [9.17, 15) is 9.59 Å². The van der Waals surface area contributed by atoms with Crippen LogP contribution in [-0.4, -0.2) is 51.6 Å². The first kappa shape index (κ1) is 31.1. The summed E-state index contributed by atoms with van der Waals surface area (Å²) in [5.41, 5.74) is 5.02. The molecule has 6 aromatic rings. The average molecular weight is 644 g/mol. The number of anilines is 1. The van der Waals surface area contributed by atoms with E-state index in [-0.39, 0.29) is 22.7 Å². The molecule has 10 nitrogen and oxygen atoms in total. The second kappa shape index (κ2) is 14.4. The minimum Gasteiger partial charge on any atom is -0.493 e. The molecule has 0 aliphatic heterocycles. The number of nitrogens with one attached hydrogen (secondary N) is 1. The molecule has 2 aromatic heterocycles. The predicted octanol–water partition coefficient (Wildman–Crippen LogP) is 7.23. The van der Waals surface area contributed by atoms with Gasteiger partial charge in [0.1, 0.15) is 5.69 Å². The fraction of sp³-hybridized carbons (Fsp3) is 0.0833. The van der Waals surface area contributed by atoms with Crippen molar-refractivity contribution in [3.8, 4) is 39.9 Å². The van der Waals surface area contributed by atoms with Gasteiger partial charge in [-0.05, 0) is 60.2 Å². The highest BCUT2D eigenvalue weighted by Crippen LogP contribution is 2.33. The van der Waals surface area contributed by atoms with Crippen LogP contribution < -0.4 is 14.8 Å². The van der Waals surface area contributed by atoms with E-state index in [4.69, 9.17) is 19.0 Å². The number of rotatable bonds is 12. The summed E-state index contributed by atoms with van der Waals surface area (Å²) >= 11 is 1.13. The van der Waals surface area contributed by atoms with Crippen molar-refractivity contribution in [2.75, 3.05) is 25.3 Å². The molecule has 0 bridgehead atoms. The highest BCUT2D eigenvalue weighted by Gasteiger charge is 2.20. The molecule has 0 saturated heterocycles. The van der Waals surface area contributed by atoms with E-state index < -0.39 is 0 Å². The molecule has 0 unspecified atom stereocenters. The molecule has 2 heterocycles. The van der Waals surface area contributed by atoms with Gasteiger partial charge in [-0.1, -0.05) is 72.4 Å². The minimum atomic E-state index is -0.260. The van der Waals surface area contributed by atoms with Gasteiger partial charge >= 0.3 is 0 Å².